The molecule has 5 heteroatoms. The van der Waals surface area contributed by atoms with Gasteiger partial charge in [-0.05, 0) is 32.1 Å². The lowest BCUT2D eigenvalue weighted by Gasteiger charge is -2.34. The number of hydrogen-bond donors (Lipinski definition) is 3. The van der Waals surface area contributed by atoms with E-state index in [2.05, 4.69) is 38.3 Å². The minimum atomic E-state index is -0.00948. The highest BCUT2D eigenvalue weighted by molar-refractivity contribution is 5.83. The molecule has 0 aliphatic heterocycles. The quantitative estimate of drug-likeness (QED) is 0.522. The van der Waals surface area contributed by atoms with E-state index in [0.29, 0.717) is 31.2 Å². The summed E-state index contributed by atoms with van der Waals surface area (Å²) < 4.78 is 0. The topological polar surface area (TPSA) is 62.6 Å². The van der Waals surface area contributed by atoms with E-state index in [0.717, 1.165) is 32.5 Å². The van der Waals surface area contributed by atoms with Crippen molar-refractivity contribution in [2.45, 2.75) is 72.3 Å². The summed E-state index contributed by atoms with van der Waals surface area (Å²) in [6, 6.07) is 0.279. The molecule has 0 radical (unpaired) electrons. The summed E-state index contributed by atoms with van der Waals surface area (Å²) in [4.78, 5) is 25.5. The van der Waals surface area contributed by atoms with Gasteiger partial charge in [0.2, 0.25) is 11.8 Å². The lowest BCUT2D eigenvalue weighted by molar-refractivity contribution is -0.896. The molecule has 1 aliphatic carbocycles. The van der Waals surface area contributed by atoms with Crippen LogP contribution in [0.5, 0.6) is 0 Å². The Morgan fingerprint density at radius 3 is 2.38 bits per heavy atom. The standard InChI is InChI=1S/C19H37N3O2/c1-5-22(6-2)14-8-13-20-18(23)11-12-19(24)21-17-10-7-9-15(3)16(17)4/h15-17H,5-14H2,1-4H3,(H,20,23)(H,21,24)/p+1/t15-,16-,17-/m0/s1. The number of rotatable bonds is 10. The molecule has 0 aromatic carbocycles. The fraction of sp³-hybridized carbons (Fsp3) is 0.895. The minimum absolute atomic E-state index is 0.00948. The predicted molar refractivity (Wildman–Crippen MR) is 97.9 cm³/mol. The Kier molecular flexibility index (Phi) is 9.99. The number of carbonyl (C=O) groups excluding carboxylic acids is 2. The molecule has 0 unspecified atom stereocenters. The molecule has 1 aliphatic rings. The summed E-state index contributed by atoms with van der Waals surface area (Å²) in [7, 11) is 0. The first-order chi connectivity index (χ1) is 11.5. The monoisotopic (exact) mass is 340 g/mol. The first-order valence-electron chi connectivity index (χ1n) is 9.87. The van der Waals surface area contributed by atoms with Crippen molar-refractivity contribution >= 4 is 11.8 Å². The van der Waals surface area contributed by atoms with Gasteiger partial charge < -0.3 is 15.5 Å². The van der Waals surface area contributed by atoms with Crippen molar-refractivity contribution in [2.24, 2.45) is 11.8 Å². The summed E-state index contributed by atoms with van der Waals surface area (Å²) in [5.41, 5.74) is 0. The molecule has 0 saturated heterocycles. The summed E-state index contributed by atoms with van der Waals surface area (Å²) in [5.74, 6) is 1.20. The molecule has 3 N–H and O–H groups in total. The molecule has 3 atom stereocenters. The van der Waals surface area contributed by atoms with E-state index < -0.39 is 0 Å². The Labute approximate surface area is 147 Å². The summed E-state index contributed by atoms with van der Waals surface area (Å²) in [6.45, 7) is 12.9. The molecular formula is C19H38N3O2+. The lowest BCUT2D eigenvalue weighted by atomic mass is 9.78. The Hall–Kier alpha value is -1.10. The van der Waals surface area contributed by atoms with Crippen LogP contribution in [0.3, 0.4) is 0 Å². The second-order valence-corrected chi connectivity index (χ2v) is 7.35. The maximum Gasteiger partial charge on any atom is 0.220 e. The third-order valence-corrected chi connectivity index (χ3v) is 5.66. The second kappa shape index (κ2) is 11.5. The highest BCUT2D eigenvalue weighted by Gasteiger charge is 2.28. The third kappa shape index (κ3) is 7.65. The van der Waals surface area contributed by atoms with Crippen molar-refractivity contribution in [2.75, 3.05) is 26.2 Å². The molecule has 1 fully saturated rings. The van der Waals surface area contributed by atoms with Gasteiger partial charge in [-0.1, -0.05) is 26.7 Å². The zero-order valence-corrected chi connectivity index (χ0v) is 16.1. The largest absolute Gasteiger partial charge is 0.356 e. The highest BCUT2D eigenvalue weighted by atomic mass is 16.2. The highest BCUT2D eigenvalue weighted by Crippen LogP contribution is 2.29. The first-order valence-corrected chi connectivity index (χ1v) is 9.87. The predicted octanol–water partition coefficient (Wildman–Crippen LogP) is 1.14. The molecule has 0 aromatic heterocycles. The average molecular weight is 341 g/mol. The van der Waals surface area contributed by atoms with Crippen LogP contribution < -0.4 is 15.5 Å². The van der Waals surface area contributed by atoms with Gasteiger partial charge in [0.05, 0.1) is 19.6 Å². The zero-order valence-electron chi connectivity index (χ0n) is 16.1. The van der Waals surface area contributed by atoms with Crippen LogP contribution in [0.2, 0.25) is 0 Å². The Morgan fingerprint density at radius 1 is 1.04 bits per heavy atom. The van der Waals surface area contributed by atoms with Gasteiger partial charge in [0.25, 0.3) is 0 Å². The van der Waals surface area contributed by atoms with Gasteiger partial charge in [-0.3, -0.25) is 9.59 Å². The van der Waals surface area contributed by atoms with Gasteiger partial charge in [0, 0.05) is 31.8 Å². The number of amides is 2. The van der Waals surface area contributed by atoms with Gasteiger partial charge in [-0.2, -0.15) is 0 Å². The van der Waals surface area contributed by atoms with Crippen molar-refractivity contribution in [1.29, 1.82) is 0 Å². The van der Waals surface area contributed by atoms with E-state index in [1.54, 1.807) is 4.90 Å². The maximum absolute atomic E-state index is 12.1. The van der Waals surface area contributed by atoms with Gasteiger partial charge in [-0.25, -0.2) is 0 Å². The van der Waals surface area contributed by atoms with Crippen LogP contribution in [0.1, 0.15) is 66.2 Å². The van der Waals surface area contributed by atoms with Crippen LogP contribution in [0, 0.1) is 11.8 Å². The van der Waals surface area contributed by atoms with Crippen molar-refractivity contribution in [1.82, 2.24) is 10.6 Å². The summed E-state index contributed by atoms with van der Waals surface area (Å²) >= 11 is 0. The fourth-order valence-electron chi connectivity index (χ4n) is 3.55. The third-order valence-electron chi connectivity index (χ3n) is 5.66. The van der Waals surface area contributed by atoms with E-state index in [9.17, 15) is 9.59 Å². The number of nitrogens with one attached hydrogen (secondary N) is 3. The SMILES string of the molecule is CC[NH+](CC)CCCNC(=O)CCC(=O)N[C@H]1CCC[C@H](C)[C@@H]1C. The zero-order chi connectivity index (χ0) is 17.9. The van der Waals surface area contributed by atoms with Crippen LogP contribution in [0.15, 0.2) is 0 Å². The molecule has 1 rings (SSSR count). The van der Waals surface area contributed by atoms with Crippen LogP contribution >= 0.6 is 0 Å². The van der Waals surface area contributed by atoms with Gasteiger partial charge >= 0.3 is 0 Å². The molecule has 140 valence electrons. The van der Waals surface area contributed by atoms with Crippen molar-refractivity contribution in [3.63, 3.8) is 0 Å². The van der Waals surface area contributed by atoms with Crippen LogP contribution in [-0.2, 0) is 9.59 Å². The van der Waals surface area contributed by atoms with Gasteiger partial charge in [0.1, 0.15) is 0 Å². The van der Waals surface area contributed by atoms with Gasteiger partial charge in [-0.15, -0.1) is 0 Å². The molecular weight excluding hydrogens is 302 g/mol. The number of quaternary nitrogens is 1. The van der Waals surface area contributed by atoms with E-state index in [1.807, 2.05) is 0 Å². The fourth-order valence-corrected chi connectivity index (χ4v) is 3.55. The normalized spacial score (nSPS) is 24.0. The Balaban J connectivity index is 2.14. The summed E-state index contributed by atoms with van der Waals surface area (Å²) in [6.07, 6.45) is 5.09. The molecule has 0 aromatic rings. The van der Waals surface area contributed by atoms with E-state index >= 15 is 0 Å². The summed E-state index contributed by atoms with van der Waals surface area (Å²) in [5, 5.41) is 6.06. The molecule has 0 bridgehead atoms. The molecule has 0 spiro atoms. The van der Waals surface area contributed by atoms with Crippen molar-refractivity contribution < 1.29 is 14.5 Å². The minimum Gasteiger partial charge on any atom is -0.356 e. The molecule has 5 nitrogen and oxygen atoms in total. The van der Waals surface area contributed by atoms with E-state index in [4.69, 9.17) is 0 Å². The van der Waals surface area contributed by atoms with Crippen molar-refractivity contribution in [3.8, 4) is 0 Å². The molecule has 1 saturated carbocycles. The molecule has 24 heavy (non-hydrogen) atoms. The van der Waals surface area contributed by atoms with Crippen LogP contribution in [-0.4, -0.2) is 44.0 Å². The Bertz CT molecular complexity index is 383. The smallest absolute Gasteiger partial charge is 0.220 e. The first kappa shape index (κ1) is 20.9. The Morgan fingerprint density at radius 2 is 1.71 bits per heavy atom. The number of carbonyl (C=O) groups is 2. The van der Waals surface area contributed by atoms with Crippen LogP contribution in [0.4, 0.5) is 0 Å². The van der Waals surface area contributed by atoms with Crippen LogP contribution in [0.25, 0.3) is 0 Å². The van der Waals surface area contributed by atoms with Crippen molar-refractivity contribution in [3.05, 3.63) is 0 Å². The number of hydrogen-bond acceptors (Lipinski definition) is 2. The molecule has 0 heterocycles. The van der Waals surface area contributed by atoms with E-state index in [-0.39, 0.29) is 17.9 Å². The van der Waals surface area contributed by atoms with Gasteiger partial charge in [0.15, 0.2) is 0 Å². The van der Waals surface area contributed by atoms with E-state index in [1.165, 1.54) is 12.8 Å². The molecule has 2 amide bonds. The maximum atomic E-state index is 12.1. The average Bonchev–Trinajstić information content (AvgIpc) is 2.57. The lowest BCUT2D eigenvalue weighted by Crippen LogP contribution is -3.11. The second-order valence-electron chi connectivity index (χ2n) is 7.35.